The minimum atomic E-state index is -0.0912. The first-order chi connectivity index (χ1) is 9.22. The van der Waals surface area contributed by atoms with Gasteiger partial charge in [-0.3, -0.25) is 4.79 Å². The highest BCUT2D eigenvalue weighted by Crippen LogP contribution is 2.14. The van der Waals surface area contributed by atoms with Gasteiger partial charge in [0.05, 0.1) is 0 Å². The molecule has 1 N–H and O–H groups in total. The number of carbonyl (C=O) groups excluding carboxylic acids is 1. The predicted molar refractivity (Wildman–Crippen MR) is 62.8 cm³/mol. The van der Waals surface area contributed by atoms with E-state index in [0.29, 0.717) is 0 Å². The number of aromatic nitrogens is 7. The number of tetrazole rings is 1. The molecule has 3 rings (SSSR count). The number of amides is 1. The van der Waals surface area contributed by atoms with Gasteiger partial charge in [-0.15, -0.1) is 15.3 Å². The fourth-order valence-corrected chi connectivity index (χ4v) is 2.25. The smallest absolute Gasteiger partial charge is 0.242 e. The van der Waals surface area contributed by atoms with E-state index < -0.39 is 0 Å². The van der Waals surface area contributed by atoms with Gasteiger partial charge in [0.25, 0.3) is 0 Å². The molecule has 1 atom stereocenters. The van der Waals surface area contributed by atoms with Crippen LogP contribution < -0.4 is 5.32 Å². The van der Waals surface area contributed by atoms with E-state index in [2.05, 4.69) is 31.0 Å². The van der Waals surface area contributed by atoms with Gasteiger partial charge in [-0.25, -0.2) is 4.68 Å². The number of aryl methyl sites for hydroxylation is 2. The Labute approximate surface area is 109 Å². The quantitative estimate of drug-likeness (QED) is 0.737. The van der Waals surface area contributed by atoms with Crippen LogP contribution in [0.1, 0.15) is 18.1 Å². The molecule has 2 aromatic rings. The number of hydrogen-bond acceptors (Lipinski definition) is 6. The molecule has 0 bridgehead atoms. The van der Waals surface area contributed by atoms with Crippen LogP contribution in [0.25, 0.3) is 0 Å². The maximum atomic E-state index is 11.8. The lowest BCUT2D eigenvalue weighted by Gasteiger charge is -2.24. The second-order valence-electron chi connectivity index (χ2n) is 4.58. The molecule has 0 aromatic carbocycles. The van der Waals surface area contributed by atoms with E-state index in [1.54, 1.807) is 0 Å². The molecule has 100 valence electrons. The van der Waals surface area contributed by atoms with Gasteiger partial charge in [-0.05, 0) is 23.8 Å². The Kier molecular flexibility index (Phi) is 2.94. The summed E-state index contributed by atoms with van der Waals surface area (Å²) in [5.74, 6) is 1.78. The second kappa shape index (κ2) is 4.75. The normalized spacial score (nSPS) is 18.1. The zero-order valence-corrected chi connectivity index (χ0v) is 10.5. The van der Waals surface area contributed by atoms with E-state index in [4.69, 9.17) is 0 Å². The Morgan fingerprint density at radius 3 is 3.21 bits per heavy atom. The number of rotatable bonds is 3. The van der Waals surface area contributed by atoms with Crippen LogP contribution in [0.15, 0.2) is 6.33 Å². The average Bonchev–Trinajstić information content (AvgIpc) is 3.00. The van der Waals surface area contributed by atoms with Crippen LogP contribution in [-0.2, 0) is 24.3 Å². The van der Waals surface area contributed by atoms with Gasteiger partial charge in [0.2, 0.25) is 5.91 Å². The van der Waals surface area contributed by atoms with Crippen molar-refractivity contribution < 1.29 is 4.79 Å². The molecule has 1 aliphatic rings. The maximum absolute atomic E-state index is 11.8. The molecule has 0 spiro atoms. The summed E-state index contributed by atoms with van der Waals surface area (Å²) in [6.45, 7) is 2.77. The van der Waals surface area contributed by atoms with E-state index in [0.717, 1.165) is 31.0 Å². The zero-order valence-electron chi connectivity index (χ0n) is 10.5. The number of nitrogens with zero attached hydrogens (tertiary/aromatic N) is 7. The summed E-state index contributed by atoms with van der Waals surface area (Å²) in [7, 11) is 0. The molecule has 3 heterocycles. The van der Waals surface area contributed by atoms with Gasteiger partial charge in [0, 0.05) is 19.0 Å². The van der Waals surface area contributed by atoms with Crippen molar-refractivity contribution in [1.29, 1.82) is 0 Å². The zero-order chi connectivity index (χ0) is 13.2. The van der Waals surface area contributed by atoms with Crippen LogP contribution >= 0.6 is 0 Å². The summed E-state index contributed by atoms with van der Waals surface area (Å²) in [6.07, 6.45) is 3.12. The molecule has 0 aliphatic carbocycles. The minimum Gasteiger partial charge on any atom is -0.350 e. The van der Waals surface area contributed by atoms with Crippen LogP contribution in [0.5, 0.6) is 0 Å². The summed E-state index contributed by atoms with van der Waals surface area (Å²) < 4.78 is 3.44. The van der Waals surface area contributed by atoms with Crippen molar-refractivity contribution in [3.8, 4) is 0 Å². The summed E-state index contributed by atoms with van der Waals surface area (Å²) in [6, 6.07) is 0.103. The topological polar surface area (TPSA) is 103 Å². The van der Waals surface area contributed by atoms with Crippen LogP contribution in [0.2, 0.25) is 0 Å². The van der Waals surface area contributed by atoms with Crippen molar-refractivity contribution in [1.82, 2.24) is 40.3 Å². The summed E-state index contributed by atoms with van der Waals surface area (Å²) in [4.78, 5) is 11.8. The van der Waals surface area contributed by atoms with E-state index in [-0.39, 0.29) is 18.5 Å². The predicted octanol–water partition coefficient (Wildman–Crippen LogP) is -1.30. The third-order valence-corrected chi connectivity index (χ3v) is 3.19. The Balaban J connectivity index is 1.60. The number of nitrogens with one attached hydrogen (secondary N) is 1. The summed E-state index contributed by atoms with van der Waals surface area (Å²) >= 11 is 0. The van der Waals surface area contributed by atoms with E-state index in [9.17, 15) is 4.79 Å². The lowest BCUT2D eigenvalue weighted by Crippen LogP contribution is -2.42. The second-order valence-corrected chi connectivity index (χ2v) is 4.58. The van der Waals surface area contributed by atoms with Crippen molar-refractivity contribution in [2.75, 3.05) is 0 Å². The lowest BCUT2D eigenvalue weighted by atomic mass is 10.1. The molecule has 1 unspecified atom stereocenters. The Morgan fingerprint density at radius 2 is 2.42 bits per heavy atom. The Morgan fingerprint density at radius 1 is 1.53 bits per heavy atom. The largest absolute Gasteiger partial charge is 0.350 e. The van der Waals surface area contributed by atoms with E-state index in [1.807, 2.05) is 11.5 Å². The summed E-state index contributed by atoms with van der Waals surface area (Å²) in [5, 5.41) is 21.8. The number of fused-ring (bicyclic) bond motifs is 1. The van der Waals surface area contributed by atoms with Gasteiger partial charge in [-0.1, -0.05) is 0 Å². The molecule has 0 saturated carbocycles. The highest BCUT2D eigenvalue weighted by Gasteiger charge is 2.22. The fraction of sp³-hybridized carbons (Fsp3) is 0.600. The van der Waals surface area contributed by atoms with Crippen LogP contribution in [-0.4, -0.2) is 46.9 Å². The standard InChI is InChI=1S/C10H14N8O/c1-7-13-14-9-3-2-8(4-18(7)9)12-10(19)5-17-6-11-15-16-17/h6,8H,2-5H2,1H3,(H,12,19). The molecule has 0 radical (unpaired) electrons. The molecular formula is C10H14N8O. The minimum absolute atomic E-state index is 0.0912. The molecule has 1 aliphatic heterocycles. The van der Waals surface area contributed by atoms with Crippen molar-refractivity contribution in [2.45, 2.75) is 38.9 Å². The first-order valence-electron chi connectivity index (χ1n) is 6.11. The van der Waals surface area contributed by atoms with Crippen LogP contribution in [0.3, 0.4) is 0 Å². The maximum Gasteiger partial charge on any atom is 0.242 e. The van der Waals surface area contributed by atoms with E-state index in [1.165, 1.54) is 11.0 Å². The van der Waals surface area contributed by atoms with Crippen molar-refractivity contribution in [3.63, 3.8) is 0 Å². The van der Waals surface area contributed by atoms with E-state index >= 15 is 0 Å². The third kappa shape index (κ3) is 2.44. The van der Waals surface area contributed by atoms with Gasteiger partial charge < -0.3 is 9.88 Å². The molecule has 9 nitrogen and oxygen atoms in total. The van der Waals surface area contributed by atoms with Crippen LogP contribution in [0, 0.1) is 6.92 Å². The molecular weight excluding hydrogens is 248 g/mol. The molecule has 19 heavy (non-hydrogen) atoms. The highest BCUT2D eigenvalue weighted by atomic mass is 16.2. The van der Waals surface area contributed by atoms with Gasteiger partial charge in [0.1, 0.15) is 24.5 Å². The lowest BCUT2D eigenvalue weighted by molar-refractivity contribution is -0.122. The first-order valence-corrected chi connectivity index (χ1v) is 6.11. The number of carbonyl (C=O) groups is 1. The van der Waals surface area contributed by atoms with Crippen LogP contribution in [0.4, 0.5) is 0 Å². The highest BCUT2D eigenvalue weighted by molar-refractivity contribution is 5.75. The Hall–Kier alpha value is -2.32. The SMILES string of the molecule is Cc1nnc2n1CC(NC(=O)Cn1cnnn1)CC2. The van der Waals surface area contributed by atoms with Crippen molar-refractivity contribution in [3.05, 3.63) is 18.0 Å². The third-order valence-electron chi connectivity index (χ3n) is 3.19. The fourth-order valence-electron chi connectivity index (χ4n) is 2.25. The Bertz CT molecular complexity index is 574. The van der Waals surface area contributed by atoms with Gasteiger partial charge in [-0.2, -0.15) is 0 Å². The number of hydrogen-bond donors (Lipinski definition) is 1. The van der Waals surface area contributed by atoms with Crippen molar-refractivity contribution in [2.24, 2.45) is 0 Å². The molecule has 0 fully saturated rings. The average molecular weight is 262 g/mol. The molecule has 2 aromatic heterocycles. The monoisotopic (exact) mass is 262 g/mol. The first kappa shape index (κ1) is 11.8. The summed E-state index contributed by atoms with van der Waals surface area (Å²) in [5.41, 5.74) is 0. The molecule has 9 heteroatoms. The molecule has 1 amide bonds. The van der Waals surface area contributed by atoms with Gasteiger partial charge in [0.15, 0.2) is 0 Å². The van der Waals surface area contributed by atoms with Crippen molar-refractivity contribution >= 4 is 5.91 Å². The van der Waals surface area contributed by atoms with Gasteiger partial charge >= 0.3 is 0 Å². The molecule has 0 saturated heterocycles.